The van der Waals surface area contributed by atoms with Gasteiger partial charge in [-0.25, -0.2) is 9.66 Å². The predicted molar refractivity (Wildman–Crippen MR) is 50.2 cm³/mol. The van der Waals surface area contributed by atoms with Crippen LogP contribution in [0.15, 0.2) is 0 Å². The Morgan fingerprint density at radius 2 is 2.17 bits per heavy atom. The molecule has 0 fully saturated rings. The molecule has 0 radical (unpaired) electrons. The number of nitrogens with two attached hydrogens (primary N) is 2. The van der Waals surface area contributed by atoms with Gasteiger partial charge in [0.05, 0.1) is 5.69 Å². The van der Waals surface area contributed by atoms with Crippen LogP contribution < -0.4 is 11.6 Å². The highest BCUT2D eigenvalue weighted by atomic mass is 15.4. The molecule has 0 spiro atoms. The van der Waals surface area contributed by atoms with Crippen molar-refractivity contribution in [1.29, 1.82) is 0 Å². The van der Waals surface area contributed by atoms with E-state index in [4.69, 9.17) is 11.6 Å². The molecular formula is C8H16N4. The van der Waals surface area contributed by atoms with Crippen molar-refractivity contribution in [2.24, 2.45) is 0 Å². The topological polar surface area (TPSA) is 69.9 Å². The summed E-state index contributed by atoms with van der Waals surface area (Å²) >= 11 is 0. The number of hydrogen-bond donors (Lipinski definition) is 2. The summed E-state index contributed by atoms with van der Waals surface area (Å²) in [5, 5.41) is 0. The molecule has 1 aromatic rings. The van der Waals surface area contributed by atoms with Gasteiger partial charge in [0.15, 0.2) is 0 Å². The summed E-state index contributed by atoms with van der Waals surface area (Å²) < 4.78 is 1.43. The van der Waals surface area contributed by atoms with Crippen molar-refractivity contribution >= 4 is 5.82 Å². The van der Waals surface area contributed by atoms with E-state index in [0.717, 1.165) is 17.9 Å². The van der Waals surface area contributed by atoms with Gasteiger partial charge < -0.3 is 11.6 Å². The first-order valence-electron chi connectivity index (χ1n) is 4.17. The van der Waals surface area contributed by atoms with Crippen LogP contribution in [0.3, 0.4) is 0 Å². The van der Waals surface area contributed by atoms with Crippen LogP contribution in [-0.2, 0) is 0 Å². The molecule has 4 heteroatoms. The molecule has 0 amide bonds. The van der Waals surface area contributed by atoms with Crippen LogP contribution in [0.1, 0.15) is 37.7 Å². The van der Waals surface area contributed by atoms with E-state index in [-0.39, 0.29) is 0 Å². The Hall–Kier alpha value is -1.19. The lowest BCUT2D eigenvalue weighted by Crippen LogP contribution is -2.13. The third-order valence-electron chi connectivity index (χ3n) is 2.23. The lowest BCUT2D eigenvalue weighted by atomic mass is 10.1. The number of hydrogen-bond acceptors (Lipinski definition) is 3. The van der Waals surface area contributed by atoms with E-state index in [0.29, 0.717) is 11.7 Å². The molecule has 0 aromatic carbocycles. The standard InChI is InChI=1S/C8H16N4/c1-4-5(2)7-8(9)12(10)6(3)11-7/h5H,4,9-10H2,1-3H3. The molecule has 1 atom stereocenters. The van der Waals surface area contributed by atoms with E-state index in [2.05, 4.69) is 18.8 Å². The van der Waals surface area contributed by atoms with Crippen LogP contribution in [0.25, 0.3) is 0 Å². The maximum Gasteiger partial charge on any atom is 0.146 e. The Kier molecular flexibility index (Phi) is 2.26. The van der Waals surface area contributed by atoms with E-state index < -0.39 is 0 Å². The van der Waals surface area contributed by atoms with E-state index in [9.17, 15) is 0 Å². The minimum absolute atomic E-state index is 0.383. The molecule has 0 saturated carbocycles. The highest BCUT2D eigenvalue weighted by Gasteiger charge is 2.14. The van der Waals surface area contributed by atoms with Crippen molar-refractivity contribution in [2.75, 3.05) is 11.6 Å². The summed E-state index contributed by atoms with van der Waals surface area (Å²) in [6, 6.07) is 0. The summed E-state index contributed by atoms with van der Waals surface area (Å²) in [7, 11) is 0. The quantitative estimate of drug-likeness (QED) is 0.647. The molecule has 4 N–H and O–H groups in total. The van der Waals surface area contributed by atoms with Crippen molar-refractivity contribution < 1.29 is 0 Å². The van der Waals surface area contributed by atoms with Gasteiger partial charge in [-0.05, 0) is 13.3 Å². The fourth-order valence-electron chi connectivity index (χ4n) is 1.14. The zero-order chi connectivity index (χ0) is 9.30. The Balaban J connectivity index is 3.08. The molecule has 0 bridgehead atoms. The summed E-state index contributed by atoms with van der Waals surface area (Å²) in [6.07, 6.45) is 1.03. The fourth-order valence-corrected chi connectivity index (χ4v) is 1.14. The third-order valence-corrected chi connectivity index (χ3v) is 2.23. The minimum atomic E-state index is 0.383. The van der Waals surface area contributed by atoms with Crippen molar-refractivity contribution in [3.8, 4) is 0 Å². The van der Waals surface area contributed by atoms with Crippen molar-refractivity contribution in [3.63, 3.8) is 0 Å². The van der Waals surface area contributed by atoms with Crippen molar-refractivity contribution in [1.82, 2.24) is 9.66 Å². The van der Waals surface area contributed by atoms with Gasteiger partial charge in [-0.15, -0.1) is 0 Å². The minimum Gasteiger partial charge on any atom is -0.382 e. The number of nitrogen functional groups attached to an aromatic ring is 2. The second-order valence-corrected chi connectivity index (χ2v) is 3.11. The lowest BCUT2D eigenvalue weighted by molar-refractivity contribution is 0.714. The first-order valence-corrected chi connectivity index (χ1v) is 4.17. The zero-order valence-corrected chi connectivity index (χ0v) is 7.83. The maximum absolute atomic E-state index is 5.76. The molecule has 1 aromatic heterocycles. The Labute approximate surface area is 72.5 Å². The molecule has 0 saturated heterocycles. The second-order valence-electron chi connectivity index (χ2n) is 3.11. The molecule has 4 nitrogen and oxygen atoms in total. The smallest absolute Gasteiger partial charge is 0.146 e. The molecule has 68 valence electrons. The molecule has 0 aliphatic carbocycles. The van der Waals surface area contributed by atoms with Crippen molar-refractivity contribution in [3.05, 3.63) is 11.5 Å². The molecule has 12 heavy (non-hydrogen) atoms. The first kappa shape index (κ1) is 8.90. The highest BCUT2D eigenvalue weighted by molar-refractivity contribution is 5.40. The van der Waals surface area contributed by atoms with Gasteiger partial charge in [0, 0.05) is 5.92 Å². The number of imidazole rings is 1. The largest absolute Gasteiger partial charge is 0.382 e. The van der Waals surface area contributed by atoms with Gasteiger partial charge >= 0.3 is 0 Å². The van der Waals surface area contributed by atoms with Gasteiger partial charge in [0.2, 0.25) is 0 Å². The van der Waals surface area contributed by atoms with Crippen LogP contribution >= 0.6 is 0 Å². The van der Waals surface area contributed by atoms with Crippen LogP contribution in [0.5, 0.6) is 0 Å². The van der Waals surface area contributed by atoms with Crippen LogP contribution in [0, 0.1) is 6.92 Å². The highest BCUT2D eigenvalue weighted by Crippen LogP contribution is 2.22. The van der Waals surface area contributed by atoms with Crippen molar-refractivity contribution in [2.45, 2.75) is 33.1 Å². The summed E-state index contributed by atoms with van der Waals surface area (Å²) in [5.74, 6) is 7.36. The van der Waals surface area contributed by atoms with Gasteiger partial charge in [-0.3, -0.25) is 0 Å². The van der Waals surface area contributed by atoms with E-state index >= 15 is 0 Å². The zero-order valence-electron chi connectivity index (χ0n) is 7.83. The molecule has 1 unspecified atom stereocenters. The fraction of sp³-hybridized carbons (Fsp3) is 0.625. The number of aryl methyl sites for hydroxylation is 1. The third kappa shape index (κ3) is 1.24. The Morgan fingerprint density at radius 1 is 1.58 bits per heavy atom. The normalized spacial score (nSPS) is 13.2. The molecular weight excluding hydrogens is 152 g/mol. The number of aromatic nitrogens is 2. The van der Waals surface area contributed by atoms with Crippen LogP contribution in [0.4, 0.5) is 5.82 Å². The predicted octanol–water partition coefficient (Wildman–Crippen LogP) is 1.00. The number of rotatable bonds is 2. The summed E-state index contributed by atoms with van der Waals surface area (Å²) in [5.41, 5.74) is 6.67. The Bertz CT molecular complexity index is 277. The summed E-state index contributed by atoms with van der Waals surface area (Å²) in [6.45, 7) is 6.05. The second kappa shape index (κ2) is 3.05. The van der Waals surface area contributed by atoms with Crippen LogP contribution in [-0.4, -0.2) is 9.66 Å². The molecule has 0 aliphatic heterocycles. The molecule has 1 rings (SSSR count). The SMILES string of the molecule is CCC(C)c1nc(C)n(N)c1N. The van der Waals surface area contributed by atoms with Gasteiger partial charge in [0.1, 0.15) is 11.6 Å². The lowest BCUT2D eigenvalue weighted by Gasteiger charge is -2.05. The average molecular weight is 168 g/mol. The van der Waals surface area contributed by atoms with Crippen LogP contribution in [0.2, 0.25) is 0 Å². The van der Waals surface area contributed by atoms with E-state index in [1.807, 2.05) is 6.92 Å². The number of nitrogens with zero attached hydrogens (tertiary/aromatic N) is 2. The summed E-state index contributed by atoms with van der Waals surface area (Å²) in [4.78, 5) is 4.29. The van der Waals surface area contributed by atoms with Gasteiger partial charge in [-0.1, -0.05) is 13.8 Å². The van der Waals surface area contributed by atoms with E-state index in [1.54, 1.807) is 0 Å². The monoisotopic (exact) mass is 168 g/mol. The first-order chi connectivity index (χ1) is 5.57. The number of anilines is 1. The van der Waals surface area contributed by atoms with Gasteiger partial charge in [-0.2, -0.15) is 0 Å². The Morgan fingerprint density at radius 3 is 2.50 bits per heavy atom. The van der Waals surface area contributed by atoms with Gasteiger partial charge in [0.25, 0.3) is 0 Å². The average Bonchev–Trinajstić information content (AvgIpc) is 2.32. The molecule has 0 aliphatic rings. The molecule has 1 heterocycles. The van der Waals surface area contributed by atoms with E-state index in [1.165, 1.54) is 4.68 Å². The maximum atomic E-state index is 5.76.